The summed E-state index contributed by atoms with van der Waals surface area (Å²) in [4.78, 5) is 30.3. The standard InChI is InChI=1S/C14H14ClN7O2S/c15-8-6-25-14(12(8)13-16-7-17-20-13)19-9(23)5-21-10-1-3-18-22(10)4-2-11(21)24/h2,4,6-7,10,18H,1,3,5H2,(H,19,23)(H,16,17,20). The third kappa shape index (κ3) is 2.99. The van der Waals surface area contributed by atoms with Gasteiger partial charge in [0.1, 0.15) is 24.0 Å². The van der Waals surface area contributed by atoms with E-state index < -0.39 is 0 Å². The lowest BCUT2D eigenvalue weighted by Crippen LogP contribution is -2.52. The summed E-state index contributed by atoms with van der Waals surface area (Å²) in [6, 6.07) is 0. The number of nitrogens with one attached hydrogen (secondary N) is 3. The molecule has 0 aromatic carbocycles. The predicted molar refractivity (Wildman–Crippen MR) is 92.4 cm³/mol. The van der Waals surface area contributed by atoms with Crippen molar-refractivity contribution >= 4 is 39.8 Å². The van der Waals surface area contributed by atoms with Crippen molar-refractivity contribution in [1.82, 2.24) is 30.5 Å². The van der Waals surface area contributed by atoms with Gasteiger partial charge in [0.25, 0.3) is 0 Å². The summed E-state index contributed by atoms with van der Waals surface area (Å²) in [6.45, 7) is 0.716. The molecule has 3 N–H and O–H groups in total. The van der Waals surface area contributed by atoms with Gasteiger partial charge in [-0.1, -0.05) is 11.6 Å². The van der Waals surface area contributed by atoms with Crippen molar-refractivity contribution in [2.75, 3.05) is 18.4 Å². The fourth-order valence-electron chi connectivity index (χ4n) is 2.89. The Labute approximate surface area is 151 Å². The van der Waals surface area contributed by atoms with Crippen molar-refractivity contribution in [3.8, 4) is 11.4 Å². The zero-order chi connectivity index (χ0) is 17.4. The number of aromatic amines is 1. The first-order chi connectivity index (χ1) is 12.1. The topological polar surface area (TPSA) is 106 Å². The number of hydrogen-bond acceptors (Lipinski definition) is 7. The Morgan fingerprint density at radius 1 is 1.52 bits per heavy atom. The third-order valence-corrected chi connectivity index (χ3v) is 5.33. The van der Waals surface area contributed by atoms with Crippen LogP contribution in [-0.4, -0.2) is 56.2 Å². The van der Waals surface area contributed by atoms with E-state index in [-0.39, 0.29) is 24.5 Å². The number of amides is 2. The van der Waals surface area contributed by atoms with E-state index in [4.69, 9.17) is 11.6 Å². The van der Waals surface area contributed by atoms with E-state index in [0.29, 0.717) is 21.4 Å². The van der Waals surface area contributed by atoms with E-state index in [1.165, 1.54) is 23.7 Å². The highest BCUT2D eigenvalue weighted by Crippen LogP contribution is 2.38. The quantitative estimate of drug-likeness (QED) is 0.732. The molecule has 4 heterocycles. The molecule has 1 atom stereocenters. The third-order valence-electron chi connectivity index (χ3n) is 4.00. The maximum absolute atomic E-state index is 12.5. The lowest BCUT2D eigenvalue weighted by Gasteiger charge is -2.35. The second kappa shape index (κ2) is 6.47. The van der Waals surface area contributed by atoms with E-state index in [0.717, 1.165) is 13.0 Å². The van der Waals surface area contributed by atoms with Gasteiger partial charge in [-0.3, -0.25) is 19.7 Å². The molecule has 1 fully saturated rings. The number of rotatable bonds is 4. The number of nitrogens with zero attached hydrogens (tertiary/aromatic N) is 4. The summed E-state index contributed by atoms with van der Waals surface area (Å²) in [7, 11) is 0. The average molecular weight is 380 g/mol. The van der Waals surface area contributed by atoms with Crippen LogP contribution >= 0.6 is 22.9 Å². The van der Waals surface area contributed by atoms with Crippen molar-refractivity contribution in [3.63, 3.8) is 0 Å². The van der Waals surface area contributed by atoms with Crippen LogP contribution in [0.1, 0.15) is 6.42 Å². The van der Waals surface area contributed by atoms with Crippen LogP contribution in [0, 0.1) is 0 Å². The SMILES string of the molecule is O=C(CN1C(=O)C=CN2NCCC21)Nc1scc(Cl)c1-c1ncn[nH]1. The summed E-state index contributed by atoms with van der Waals surface area (Å²) >= 11 is 7.48. The van der Waals surface area contributed by atoms with E-state index >= 15 is 0 Å². The van der Waals surface area contributed by atoms with Crippen LogP contribution in [0.5, 0.6) is 0 Å². The molecule has 2 aromatic heterocycles. The van der Waals surface area contributed by atoms with E-state index in [1.54, 1.807) is 16.5 Å². The maximum Gasteiger partial charge on any atom is 0.250 e. The molecule has 2 amide bonds. The van der Waals surface area contributed by atoms with Gasteiger partial charge in [0.15, 0.2) is 5.82 Å². The highest BCUT2D eigenvalue weighted by Gasteiger charge is 2.34. The number of thiophene rings is 1. The van der Waals surface area contributed by atoms with Crippen molar-refractivity contribution in [3.05, 3.63) is 29.0 Å². The summed E-state index contributed by atoms with van der Waals surface area (Å²) in [5, 5.41) is 13.9. The number of carbonyl (C=O) groups excluding carboxylic acids is 2. The highest BCUT2D eigenvalue weighted by atomic mass is 35.5. The molecule has 2 aliphatic heterocycles. The first kappa shape index (κ1) is 16.1. The lowest BCUT2D eigenvalue weighted by atomic mass is 10.2. The number of aromatic nitrogens is 3. The van der Waals surface area contributed by atoms with Crippen molar-refractivity contribution < 1.29 is 9.59 Å². The van der Waals surface area contributed by atoms with Gasteiger partial charge < -0.3 is 10.2 Å². The van der Waals surface area contributed by atoms with Crippen LogP contribution in [0.2, 0.25) is 5.02 Å². The van der Waals surface area contributed by atoms with Gasteiger partial charge in [0.2, 0.25) is 11.8 Å². The van der Waals surface area contributed by atoms with Gasteiger partial charge in [0.05, 0.1) is 10.6 Å². The van der Waals surface area contributed by atoms with E-state index in [2.05, 4.69) is 25.9 Å². The van der Waals surface area contributed by atoms with Crippen LogP contribution in [0.4, 0.5) is 5.00 Å². The molecular weight excluding hydrogens is 366 g/mol. The number of hydrogen-bond donors (Lipinski definition) is 3. The summed E-state index contributed by atoms with van der Waals surface area (Å²) < 4.78 is 0. The van der Waals surface area contributed by atoms with Crippen molar-refractivity contribution in [2.24, 2.45) is 0 Å². The van der Waals surface area contributed by atoms with Gasteiger partial charge in [-0.25, -0.2) is 10.4 Å². The first-order valence-corrected chi connectivity index (χ1v) is 8.82. The Bertz CT molecular complexity index is 834. The van der Waals surface area contributed by atoms with Gasteiger partial charge in [0, 0.05) is 30.6 Å². The number of halogens is 1. The molecule has 130 valence electrons. The molecule has 11 heteroatoms. The average Bonchev–Trinajstić information content (AvgIpc) is 3.31. The Morgan fingerprint density at radius 3 is 3.20 bits per heavy atom. The number of fused-ring (bicyclic) bond motifs is 1. The van der Waals surface area contributed by atoms with Crippen LogP contribution in [0.25, 0.3) is 11.4 Å². The fourth-order valence-corrected chi connectivity index (χ4v) is 4.10. The molecule has 0 radical (unpaired) electrons. The molecule has 9 nitrogen and oxygen atoms in total. The molecular formula is C14H14ClN7O2S. The van der Waals surface area contributed by atoms with Gasteiger partial charge in [-0.2, -0.15) is 5.10 Å². The molecule has 1 unspecified atom stereocenters. The van der Waals surface area contributed by atoms with Crippen molar-refractivity contribution in [2.45, 2.75) is 12.6 Å². The van der Waals surface area contributed by atoms with Crippen LogP contribution in [0.15, 0.2) is 24.0 Å². The molecule has 2 aliphatic rings. The first-order valence-electron chi connectivity index (χ1n) is 7.56. The normalized spacial score (nSPS) is 19.4. The number of carbonyl (C=O) groups is 2. The molecule has 25 heavy (non-hydrogen) atoms. The molecule has 4 rings (SSSR count). The van der Waals surface area contributed by atoms with Gasteiger partial charge >= 0.3 is 0 Å². The molecule has 0 spiro atoms. The second-order valence-electron chi connectivity index (χ2n) is 5.54. The van der Waals surface area contributed by atoms with Crippen molar-refractivity contribution in [1.29, 1.82) is 0 Å². The predicted octanol–water partition coefficient (Wildman–Crippen LogP) is 1.02. The Morgan fingerprint density at radius 2 is 2.40 bits per heavy atom. The zero-order valence-corrected chi connectivity index (χ0v) is 14.5. The number of H-pyrrole nitrogens is 1. The lowest BCUT2D eigenvalue weighted by molar-refractivity contribution is -0.137. The van der Waals surface area contributed by atoms with Gasteiger partial charge in [-0.15, -0.1) is 11.3 Å². The number of anilines is 1. The fraction of sp³-hybridized carbons (Fsp3) is 0.286. The second-order valence-corrected chi connectivity index (χ2v) is 6.82. The minimum absolute atomic E-state index is 0.0443. The van der Waals surface area contributed by atoms with E-state index in [9.17, 15) is 9.59 Å². The molecule has 1 saturated heterocycles. The molecule has 0 bridgehead atoms. The monoisotopic (exact) mass is 379 g/mol. The Hall–Kier alpha value is -2.43. The summed E-state index contributed by atoms with van der Waals surface area (Å²) in [5.74, 6) is -0.000692. The molecule has 2 aromatic rings. The van der Waals surface area contributed by atoms with Crippen LogP contribution in [-0.2, 0) is 9.59 Å². The maximum atomic E-state index is 12.5. The minimum Gasteiger partial charge on any atom is -0.315 e. The Balaban J connectivity index is 1.50. The van der Waals surface area contributed by atoms with Crippen LogP contribution < -0.4 is 10.7 Å². The van der Waals surface area contributed by atoms with Gasteiger partial charge in [-0.05, 0) is 0 Å². The largest absolute Gasteiger partial charge is 0.315 e. The van der Waals surface area contributed by atoms with E-state index in [1.807, 2.05) is 5.01 Å². The van der Waals surface area contributed by atoms with Crippen LogP contribution in [0.3, 0.4) is 0 Å². The number of hydrazine groups is 1. The minimum atomic E-state index is -0.296. The summed E-state index contributed by atoms with van der Waals surface area (Å²) in [5.41, 5.74) is 3.74. The zero-order valence-electron chi connectivity index (χ0n) is 12.9. The smallest absolute Gasteiger partial charge is 0.250 e. The Kier molecular flexibility index (Phi) is 4.15. The highest BCUT2D eigenvalue weighted by molar-refractivity contribution is 7.15. The molecule has 0 aliphatic carbocycles. The molecule has 0 saturated carbocycles. The summed E-state index contributed by atoms with van der Waals surface area (Å²) in [6.07, 6.45) is 5.13.